The maximum Gasteiger partial charge on any atom is 0.290 e. The van der Waals surface area contributed by atoms with E-state index in [0.717, 1.165) is 36.1 Å². The molecule has 202 valence electrons. The first-order valence-electron chi connectivity index (χ1n) is 13.4. The molecule has 0 bridgehead atoms. The van der Waals surface area contributed by atoms with Crippen molar-refractivity contribution >= 4 is 16.9 Å². The molecule has 4 aromatic rings. The number of unbranched alkanes of at least 4 members (excludes halogenated alkanes) is 2. The average Bonchev–Trinajstić information content (AvgIpc) is 3.25. The highest BCUT2D eigenvalue weighted by Gasteiger charge is 2.42. The van der Waals surface area contributed by atoms with Crippen LogP contribution in [-0.2, 0) is 6.42 Å². The summed E-state index contributed by atoms with van der Waals surface area (Å²) < 4.78 is 23.0. The molecular weight excluding hydrogens is 494 g/mol. The number of amides is 1. The van der Waals surface area contributed by atoms with Gasteiger partial charge in [0.1, 0.15) is 11.3 Å². The second-order valence-corrected chi connectivity index (χ2v) is 9.64. The van der Waals surface area contributed by atoms with E-state index in [1.807, 2.05) is 42.5 Å². The topological polar surface area (TPSA) is 78.2 Å². The number of methoxy groups -OCH3 is 2. The first kappa shape index (κ1) is 26.4. The second-order valence-electron chi connectivity index (χ2n) is 9.64. The van der Waals surface area contributed by atoms with Crippen LogP contribution < -0.4 is 19.6 Å². The molecule has 0 fully saturated rings. The maximum atomic E-state index is 13.8. The van der Waals surface area contributed by atoms with Crippen LogP contribution in [0.15, 0.2) is 75.9 Å². The van der Waals surface area contributed by atoms with E-state index >= 15 is 0 Å². The summed E-state index contributed by atoms with van der Waals surface area (Å²) in [6.07, 6.45) is 3.76. The molecule has 0 radical (unpaired) electrons. The summed E-state index contributed by atoms with van der Waals surface area (Å²) in [4.78, 5) is 29.2. The van der Waals surface area contributed by atoms with Crippen molar-refractivity contribution in [1.82, 2.24) is 4.90 Å². The molecule has 0 N–H and O–H groups in total. The van der Waals surface area contributed by atoms with Gasteiger partial charge in [-0.25, -0.2) is 0 Å². The van der Waals surface area contributed by atoms with E-state index in [4.69, 9.17) is 18.6 Å². The van der Waals surface area contributed by atoms with Gasteiger partial charge in [0.15, 0.2) is 16.9 Å². The van der Waals surface area contributed by atoms with Crippen molar-refractivity contribution in [3.05, 3.63) is 99.4 Å². The van der Waals surface area contributed by atoms with E-state index in [0.29, 0.717) is 47.6 Å². The first-order valence-corrected chi connectivity index (χ1v) is 13.4. The summed E-state index contributed by atoms with van der Waals surface area (Å²) in [6.45, 7) is 3.14. The van der Waals surface area contributed by atoms with E-state index in [1.54, 1.807) is 43.4 Å². The van der Waals surface area contributed by atoms with E-state index < -0.39 is 6.04 Å². The molecule has 1 atom stereocenters. The van der Waals surface area contributed by atoms with Gasteiger partial charge in [0, 0.05) is 6.54 Å². The van der Waals surface area contributed by atoms with Gasteiger partial charge in [-0.3, -0.25) is 9.59 Å². The molecule has 2 heterocycles. The fourth-order valence-corrected chi connectivity index (χ4v) is 5.09. The monoisotopic (exact) mass is 527 g/mol. The molecule has 0 saturated carbocycles. The molecule has 39 heavy (non-hydrogen) atoms. The standard InChI is InChI=1S/C32H33NO6/c1-4-5-8-19-38-26-16-13-22(20-27(26)37-3)29-28-30(34)24-9-6-7-10-25(24)39-31(28)32(35)33(29)18-17-21-11-14-23(36-2)15-12-21/h6-7,9-16,20,29H,4-5,8,17-19H2,1-3H3. The van der Waals surface area contributed by atoms with Crippen molar-refractivity contribution in [2.75, 3.05) is 27.4 Å². The number of para-hydroxylation sites is 1. The van der Waals surface area contributed by atoms with Crippen LogP contribution in [0.2, 0.25) is 0 Å². The van der Waals surface area contributed by atoms with Crippen molar-refractivity contribution in [3.63, 3.8) is 0 Å². The molecule has 7 heteroatoms. The van der Waals surface area contributed by atoms with Crippen LogP contribution in [0, 0.1) is 0 Å². The molecular formula is C32H33NO6. The van der Waals surface area contributed by atoms with Gasteiger partial charge in [-0.2, -0.15) is 0 Å². The molecule has 3 aromatic carbocycles. The Morgan fingerprint density at radius 3 is 2.44 bits per heavy atom. The Bertz CT molecular complexity index is 1520. The van der Waals surface area contributed by atoms with E-state index in [2.05, 4.69) is 6.92 Å². The molecule has 1 aliphatic rings. The third-order valence-electron chi connectivity index (χ3n) is 7.18. The SMILES string of the molecule is CCCCCOc1ccc(C2c3c(oc4ccccc4c3=O)C(=O)N2CCc2ccc(OC)cc2)cc1OC. The summed E-state index contributed by atoms with van der Waals surface area (Å²) in [5.74, 6) is 1.76. The quantitative estimate of drug-likeness (QED) is 0.217. The number of fused-ring (bicyclic) bond motifs is 2. The second kappa shape index (κ2) is 11.6. The van der Waals surface area contributed by atoms with Gasteiger partial charge in [-0.1, -0.05) is 50.1 Å². The minimum atomic E-state index is -0.616. The van der Waals surface area contributed by atoms with E-state index in [-0.39, 0.29) is 17.1 Å². The Morgan fingerprint density at radius 2 is 1.69 bits per heavy atom. The minimum Gasteiger partial charge on any atom is -0.497 e. The lowest BCUT2D eigenvalue weighted by Crippen LogP contribution is -2.31. The summed E-state index contributed by atoms with van der Waals surface area (Å²) in [6, 6.07) is 19.8. The van der Waals surface area contributed by atoms with Gasteiger partial charge in [-0.15, -0.1) is 0 Å². The zero-order valence-corrected chi connectivity index (χ0v) is 22.6. The fourth-order valence-electron chi connectivity index (χ4n) is 5.09. The van der Waals surface area contributed by atoms with Crippen molar-refractivity contribution in [2.45, 2.75) is 38.6 Å². The van der Waals surface area contributed by atoms with Crippen molar-refractivity contribution in [1.29, 1.82) is 0 Å². The number of hydrogen-bond acceptors (Lipinski definition) is 6. The number of carbonyl (C=O) groups excluding carboxylic acids is 1. The smallest absolute Gasteiger partial charge is 0.290 e. The predicted octanol–water partition coefficient (Wildman–Crippen LogP) is 6.17. The summed E-state index contributed by atoms with van der Waals surface area (Å²) >= 11 is 0. The Labute approximate surface area is 227 Å². The number of hydrogen-bond donors (Lipinski definition) is 0. The van der Waals surface area contributed by atoms with E-state index in [9.17, 15) is 9.59 Å². The lowest BCUT2D eigenvalue weighted by atomic mass is 9.97. The normalized spacial score (nSPS) is 14.5. The van der Waals surface area contributed by atoms with Crippen molar-refractivity contribution in [3.8, 4) is 17.2 Å². The van der Waals surface area contributed by atoms with Gasteiger partial charge >= 0.3 is 0 Å². The molecule has 0 saturated heterocycles. The lowest BCUT2D eigenvalue weighted by molar-refractivity contribution is 0.0730. The maximum absolute atomic E-state index is 13.8. The fraction of sp³-hybridized carbons (Fsp3) is 0.312. The Kier molecular flexibility index (Phi) is 7.87. The molecule has 5 rings (SSSR count). The Morgan fingerprint density at radius 1 is 0.897 bits per heavy atom. The highest BCUT2D eigenvalue weighted by molar-refractivity contribution is 5.99. The zero-order chi connectivity index (χ0) is 27.4. The van der Waals surface area contributed by atoms with Crippen molar-refractivity contribution < 1.29 is 23.4 Å². The molecule has 1 aliphatic heterocycles. The van der Waals surface area contributed by atoms with Crippen LogP contribution in [0.3, 0.4) is 0 Å². The number of benzene rings is 3. The number of nitrogens with zero attached hydrogens (tertiary/aromatic N) is 1. The average molecular weight is 528 g/mol. The third-order valence-corrected chi connectivity index (χ3v) is 7.18. The highest BCUT2D eigenvalue weighted by Crippen LogP contribution is 2.41. The number of rotatable bonds is 11. The number of carbonyl (C=O) groups is 1. The summed E-state index contributed by atoms with van der Waals surface area (Å²) in [5.41, 5.74) is 2.37. The van der Waals surface area contributed by atoms with E-state index in [1.165, 1.54) is 0 Å². The zero-order valence-electron chi connectivity index (χ0n) is 22.6. The Balaban J connectivity index is 1.54. The molecule has 1 amide bonds. The predicted molar refractivity (Wildman–Crippen MR) is 150 cm³/mol. The van der Waals surface area contributed by atoms with Gasteiger partial charge in [0.2, 0.25) is 5.76 Å². The van der Waals surface area contributed by atoms with Crippen LogP contribution in [0.5, 0.6) is 17.2 Å². The van der Waals surface area contributed by atoms with Crippen molar-refractivity contribution in [2.24, 2.45) is 0 Å². The molecule has 7 nitrogen and oxygen atoms in total. The third kappa shape index (κ3) is 5.21. The Hall–Kier alpha value is -4.26. The highest BCUT2D eigenvalue weighted by atomic mass is 16.5. The summed E-state index contributed by atoms with van der Waals surface area (Å²) in [7, 11) is 3.22. The molecule has 1 aromatic heterocycles. The first-order chi connectivity index (χ1) is 19.0. The van der Waals surface area contributed by atoms with Crippen LogP contribution in [0.25, 0.3) is 11.0 Å². The molecule has 0 spiro atoms. The molecule has 0 aliphatic carbocycles. The van der Waals surface area contributed by atoms with Crippen LogP contribution in [-0.4, -0.2) is 38.2 Å². The lowest BCUT2D eigenvalue weighted by Gasteiger charge is -2.26. The minimum absolute atomic E-state index is 0.0947. The van der Waals surface area contributed by atoms with Crippen LogP contribution in [0.1, 0.15) is 59.5 Å². The summed E-state index contributed by atoms with van der Waals surface area (Å²) in [5, 5.41) is 0.453. The van der Waals surface area contributed by atoms with Gasteiger partial charge < -0.3 is 23.5 Å². The molecule has 1 unspecified atom stereocenters. The van der Waals surface area contributed by atoms with Gasteiger partial charge in [0.05, 0.1) is 37.8 Å². The van der Waals surface area contributed by atoms with Crippen LogP contribution >= 0.6 is 0 Å². The number of ether oxygens (including phenoxy) is 3. The van der Waals surface area contributed by atoms with Gasteiger partial charge in [-0.05, 0) is 60.4 Å². The largest absolute Gasteiger partial charge is 0.497 e. The van der Waals surface area contributed by atoms with Crippen LogP contribution in [0.4, 0.5) is 0 Å². The van der Waals surface area contributed by atoms with Gasteiger partial charge in [0.25, 0.3) is 5.91 Å².